The molecule has 0 atom stereocenters. The average Bonchev–Trinajstić information content (AvgIpc) is 3.03. The van der Waals surface area contributed by atoms with Crippen LogP contribution in [0.3, 0.4) is 0 Å². The Hall–Kier alpha value is -2.53. The number of hydrogen-bond donors (Lipinski definition) is 1. The third-order valence-electron chi connectivity index (χ3n) is 3.28. The topological polar surface area (TPSA) is 54.9 Å². The zero-order valence-corrected chi connectivity index (χ0v) is 12.9. The van der Waals surface area contributed by atoms with Gasteiger partial charge in [-0.25, -0.2) is 0 Å². The van der Waals surface area contributed by atoms with E-state index < -0.39 is 0 Å². The summed E-state index contributed by atoms with van der Waals surface area (Å²) in [6.07, 6.45) is 0. The number of carbonyl (C=O) groups is 1. The lowest BCUT2D eigenvalue weighted by atomic mass is 10.1. The third-order valence-corrected chi connectivity index (χ3v) is 4.25. The molecule has 0 bridgehead atoms. The normalized spacial score (nSPS) is 10.4. The average molecular weight is 309 g/mol. The first kappa shape index (κ1) is 14.4. The number of nitrogens with one attached hydrogen (secondary N) is 1. The number of nitrogens with zero attached hydrogens (tertiary/aromatic N) is 2. The second-order valence-electron chi connectivity index (χ2n) is 4.86. The number of rotatable bonds is 4. The van der Waals surface area contributed by atoms with Gasteiger partial charge in [0.05, 0.1) is 6.54 Å². The van der Waals surface area contributed by atoms with Crippen LogP contribution >= 0.6 is 11.3 Å². The molecule has 110 valence electrons. The molecule has 1 aromatic heterocycles. The maximum Gasteiger partial charge on any atom is 0.251 e. The van der Waals surface area contributed by atoms with E-state index in [4.69, 9.17) is 0 Å². The van der Waals surface area contributed by atoms with Gasteiger partial charge in [-0.3, -0.25) is 4.79 Å². The number of aromatic nitrogens is 2. The monoisotopic (exact) mass is 309 g/mol. The number of carbonyl (C=O) groups excluding carboxylic acids is 1. The Bertz CT molecular complexity index is 783. The highest BCUT2D eigenvalue weighted by atomic mass is 32.1. The lowest BCUT2D eigenvalue weighted by molar-refractivity contribution is 0.0950. The van der Waals surface area contributed by atoms with Gasteiger partial charge in [-0.2, -0.15) is 0 Å². The van der Waals surface area contributed by atoms with Gasteiger partial charge in [-0.1, -0.05) is 59.9 Å². The lowest BCUT2D eigenvalue weighted by Crippen LogP contribution is -2.23. The van der Waals surface area contributed by atoms with Crippen molar-refractivity contribution in [2.75, 3.05) is 0 Å². The fraction of sp³-hybridized carbons (Fsp3) is 0.118. The summed E-state index contributed by atoms with van der Waals surface area (Å²) in [7, 11) is 0. The molecule has 0 aliphatic carbocycles. The molecule has 0 aliphatic heterocycles. The molecule has 1 N–H and O–H groups in total. The maximum absolute atomic E-state index is 12.2. The molecule has 0 unspecified atom stereocenters. The quantitative estimate of drug-likeness (QED) is 0.803. The SMILES string of the molecule is Cc1ccccc1C(=O)NCc1nnc(-c2ccccc2)s1. The molecule has 3 rings (SSSR count). The Morgan fingerprint density at radius 3 is 2.55 bits per heavy atom. The Morgan fingerprint density at radius 2 is 1.77 bits per heavy atom. The second kappa shape index (κ2) is 6.49. The van der Waals surface area contributed by atoms with E-state index in [1.54, 1.807) is 0 Å². The predicted molar refractivity (Wildman–Crippen MR) is 87.7 cm³/mol. The van der Waals surface area contributed by atoms with Gasteiger partial charge in [-0.05, 0) is 18.6 Å². The van der Waals surface area contributed by atoms with Crippen LogP contribution in [0.25, 0.3) is 10.6 Å². The number of amides is 1. The lowest BCUT2D eigenvalue weighted by Gasteiger charge is -2.05. The summed E-state index contributed by atoms with van der Waals surface area (Å²) in [5.41, 5.74) is 2.69. The van der Waals surface area contributed by atoms with Crippen LogP contribution < -0.4 is 5.32 Å². The van der Waals surface area contributed by atoms with Crippen molar-refractivity contribution in [3.63, 3.8) is 0 Å². The van der Waals surface area contributed by atoms with Crippen LogP contribution in [0.15, 0.2) is 54.6 Å². The van der Waals surface area contributed by atoms with Crippen molar-refractivity contribution in [1.82, 2.24) is 15.5 Å². The molecule has 3 aromatic rings. The highest BCUT2D eigenvalue weighted by molar-refractivity contribution is 7.14. The summed E-state index contributed by atoms with van der Waals surface area (Å²) >= 11 is 1.49. The summed E-state index contributed by atoms with van der Waals surface area (Å²) in [5, 5.41) is 12.9. The van der Waals surface area contributed by atoms with Gasteiger partial charge in [0.15, 0.2) is 0 Å². The summed E-state index contributed by atoms with van der Waals surface area (Å²) in [6, 6.07) is 17.4. The fourth-order valence-electron chi connectivity index (χ4n) is 2.10. The zero-order valence-electron chi connectivity index (χ0n) is 12.1. The van der Waals surface area contributed by atoms with E-state index >= 15 is 0 Å². The van der Waals surface area contributed by atoms with Crippen molar-refractivity contribution in [2.45, 2.75) is 13.5 Å². The minimum absolute atomic E-state index is 0.0884. The van der Waals surface area contributed by atoms with Gasteiger partial charge >= 0.3 is 0 Å². The Kier molecular flexibility index (Phi) is 4.25. The van der Waals surface area contributed by atoms with E-state index in [-0.39, 0.29) is 5.91 Å². The number of hydrogen-bond acceptors (Lipinski definition) is 4. The summed E-state index contributed by atoms with van der Waals surface area (Å²) < 4.78 is 0. The Balaban J connectivity index is 1.67. The molecule has 0 saturated carbocycles. The molecular formula is C17H15N3OS. The van der Waals surface area contributed by atoms with Crippen molar-refractivity contribution in [3.8, 4) is 10.6 Å². The maximum atomic E-state index is 12.2. The van der Waals surface area contributed by atoms with E-state index in [1.165, 1.54) is 11.3 Å². The van der Waals surface area contributed by atoms with Gasteiger partial charge in [0, 0.05) is 11.1 Å². The molecule has 4 nitrogen and oxygen atoms in total. The molecule has 22 heavy (non-hydrogen) atoms. The minimum Gasteiger partial charge on any atom is -0.345 e. The summed E-state index contributed by atoms with van der Waals surface area (Å²) in [5.74, 6) is -0.0884. The molecular weight excluding hydrogens is 294 g/mol. The van der Waals surface area contributed by atoms with Gasteiger partial charge in [0.25, 0.3) is 5.91 Å². The Morgan fingerprint density at radius 1 is 1.05 bits per heavy atom. The Labute approximate surface area is 132 Å². The van der Waals surface area contributed by atoms with Crippen molar-refractivity contribution in [3.05, 3.63) is 70.7 Å². The number of benzene rings is 2. The van der Waals surface area contributed by atoms with Gasteiger partial charge in [0.2, 0.25) is 0 Å². The molecule has 0 radical (unpaired) electrons. The smallest absolute Gasteiger partial charge is 0.251 e. The summed E-state index contributed by atoms with van der Waals surface area (Å²) in [6.45, 7) is 2.31. The van der Waals surface area contributed by atoms with E-state index in [0.717, 1.165) is 21.1 Å². The van der Waals surface area contributed by atoms with E-state index in [0.29, 0.717) is 12.1 Å². The van der Waals surface area contributed by atoms with Gasteiger partial charge in [-0.15, -0.1) is 10.2 Å². The van der Waals surface area contributed by atoms with Crippen LogP contribution in [0.1, 0.15) is 20.9 Å². The molecule has 0 saturated heterocycles. The standard InChI is InChI=1S/C17H15N3OS/c1-12-7-5-6-10-14(12)16(21)18-11-15-19-20-17(22-15)13-8-3-2-4-9-13/h2-10H,11H2,1H3,(H,18,21). The first-order valence-corrected chi connectivity index (χ1v) is 7.77. The predicted octanol–water partition coefficient (Wildman–Crippen LogP) is 3.44. The second-order valence-corrected chi connectivity index (χ2v) is 5.93. The molecule has 1 amide bonds. The van der Waals surface area contributed by atoms with Crippen LogP contribution in [-0.2, 0) is 6.54 Å². The van der Waals surface area contributed by atoms with Crippen LogP contribution in [0.4, 0.5) is 0 Å². The van der Waals surface area contributed by atoms with E-state index in [1.807, 2.05) is 61.5 Å². The largest absolute Gasteiger partial charge is 0.345 e. The summed E-state index contributed by atoms with van der Waals surface area (Å²) in [4.78, 5) is 12.2. The van der Waals surface area contributed by atoms with E-state index in [2.05, 4.69) is 15.5 Å². The highest BCUT2D eigenvalue weighted by Gasteiger charge is 2.10. The molecule has 0 fully saturated rings. The minimum atomic E-state index is -0.0884. The van der Waals surface area contributed by atoms with Crippen LogP contribution in [-0.4, -0.2) is 16.1 Å². The van der Waals surface area contributed by atoms with Crippen molar-refractivity contribution in [1.29, 1.82) is 0 Å². The van der Waals surface area contributed by atoms with Crippen molar-refractivity contribution in [2.24, 2.45) is 0 Å². The van der Waals surface area contributed by atoms with E-state index in [9.17, 15) is 4.79 Å². The first-order chi connectivity index (χ1) is 10.7. The fourth-order valence-corrected chi connectivity index (χ4v) is 2.89. The van der Waals surface area contributed by atoms with Crippen molar-refractivity contribution >= 4 is 17.2 Å². The van der Waals surface area contributed by atoms with Crippen molar-refractivity contribution < 1.29 is 4.79 Å². The zero-order chi connectivity index (χ0) is 15.4. The third kappa shape index (κ3) is 3.20. The van der Waals surface area contributed by atoms with Crippen LogP contribution in [0.5, 0.6) is 0 Å². The molecule has 0 aliphatic rings. The molecule has 2 aromatic carbocycles. The van der Waals surface area contributed by atoms with Gasteiger partial charge in [0.1, 0.15) is 10.0 Å². The molecule has 0 spiro atoms. The molecule has 5 heteroatoms. The van der Waals surface area contributed by atoms with Gasteiger partial charge < -0.3 is 5.32 Å². The highest BCUT2D eigenvalue weighted by Crippen LogP contribution is 2.22. The number of aryl methyl sites for hydroxylation is 1. The first-order valence-electron chi connectivity index (χ1n) is 6.95. The van der Waals surface area contributed by atoms with Crippen LogP contribution in [0, 0.1) is 6.92 Å². The van der Waals surface area contributed by atoms with Crippen LogP contribution in [0.2, 0.25) is 0 Å². The molecule has 1 heterocycles.